The summed E-state index contributed by atoms with van der Waals surface area (Å²) in [4.78, 5) is 37.5. The summed E-state index contributed by atoms with van der Waals surface area (Å²) in [6.07, 6.45) is 0.132. The molecule has 0 radical (unpaired) electrons. The Morgan fingerprint density at radius 3 is 2.56 bits per heavy atom. The summed E-state index contributed by atoms with van der Waals surface area (Å²) in [5.41, 5.74) is 1.02. The van der Waals surface area contributed by atoms with Gasteiger partial charge in [-0.05, 0) is 63.2 Å². The second-order valence-corrected chi connectivity index (χ2v) is 8.40. The number of amides is 1. The molecule has 3 aromatic rings. The summed E-state index contributed by atoms with van der Waals surface area (Å²) in [6, 6.07) is 13.5. The van der Waals surface area contributed by atoms with Crippen LogP contribution in [0.1, 0.15) is 29.9 Å². The van der Waals surface area contributed by atoms with Crippen molar-refractivity contribution in [3.63, 3.8) is 0 Å². The van der Waals surface area contributed by atoms with Gasteiger partial charge in [0.05, 0.1) is 25.0 Å². The molecule has 0 bridgehead atoms. The van der Waals surface area contributed by atoms with Crippen LogP contribution in [0.4, 0.5) is 5.69 Å². The molecule has 0 saturated carbocycles. The second-order valence-electron chi connectivity index (χ2n) is 8.40. The molecule has 36 heavy (non-hydrogen) atoms. The van der Waals surface area contributed by atoms with E-state index in [0.29, 0.717) is 41.6 Å². The summed E-state index contributed by atoms with van der Waals surface area (Å²) >= 11 is 0. The molecule has 0 fully saturated rings. The van der Waals surface area contributed by atoms with Crippen LogP contribution in [0.3, 0.4) is 0 Å². The molecule has 0 spiro atoms. The monoisotopic (exact) mass is 492 g/mol. The zero-order valence-corrected chi connectivity index (χ0v) is 20.6. The van der Waals surface area contributed by atoms with E-state index in [2.05, 4.69) is 5.32 Å². The van der Waals surface area contributed by atoms with Gasteiger partial charge in [-0.25, -0.2) is 0 Å². The number of pyridine rings is 1. The van der Waals surface area contributed by atoms with E-state index in [1.165, 1.54) is 6.07 Å². The normalized spacial score (nSPS) is 15.2. The van der Waals surface area contributed by atoms with Crippen LogP contribution in [0.5, 0.6) is 23.0 Å². The van der Waals surface area contributed by atoms with E-state index in [4.69, 9.17) is 18.9 Å². The third kappa shape index (κ3) is 5.35. The smallest absolute Gasteiger partial charge is 0.265 e. The number of Topliss-reactive ketones (excluding diaryl/α,β-unsaturated/α-hetero) is 1. The summed E-state index contributed by atoms with van der Waals surface area (Å²) in [5.74, 6) is 1.42. The third-order valence-corrected chi connectivity index (χ3v) is 5.91. The van der Waals surface area contributed by atoms with Gasteiger partial charge < -0.3 is 28.8 Å². The molecule has 2 atom stereocenters. The first-order valence-corrected chi connectivity index (χ1v) is 11.6. The topological polar surface area (TPSA) is 105 Å². The Kier molecular flexibility index (Phi) is 7.28. The van der Waals surface area contributed by atoms with Crippen molar-refractivity contribution < 1.29 is 28.5 Å². The average molecular weight is 493 g/mol. The molecule has 1 N–H and O–H groups in total. The molecule has 4 rings (SSSR count). The molecule has 1 aromatic heterocycles. The second kappa shape index (κ2) is 10.6. The molecule has 9 heteroatoms. The Labute approximate surface area is 208 Å². The first-order chi connectivity index (χ1) is 17.3. The van der Waals surface area contributed by atoms with Crippen molar-refractivity contribution in [2.75, 3.05) is 19.0 Å². The van der Waals surface area contributed by atoms with E-state index in [9.17, 15) is 14.4 Å². The van der Waals surface area contributed by atoms with Crippen molar-refractivity contribution in [3.05, 3.63) is 76.2 Å². The maximum Gasteiger partial charge on any atom is 0.265 e. The number of fused-ring (bicyclic) bond motifs is 1. The molecular formula is C27H28N2O7. The molecule has 2 aromatic carbocycles. The van der Waals surface area contributed by atoms with Crippen LogP contribution in [-0.2, 0) is 11.3 Å². The molecule has 2 unspecified atom stereocenters. The Morgan fingerprint density at radius 2 is 1.83 bits per heavy atom. The molecule has 9 nitrogen and oxygen atoms in total. The fourth-order valence-corrected chi connectivity index (χ4v) is 3.80. The number of methoxy groups -OCH3 is 1. The minimum Gasteiger partial charge on any atom is -0.497 e. The number of benzene rings is 2. The average Bonchev–Trinajstić information content (AvgIpc) is 2.88. The number of rotatable bonds is 9. The van der Waals surface area contributed by atoms with E-state index in [-0.39, 0.29) is 22.9 Å². The lowest BCUT2D eigenvalue weighted by molar-refractivity contribution is -0.122. The van der Waals surface area contributed by atoms with Gasteiger partial charge >= 0.3 is 0 Å². The van der Waals surface area contributed by atoms with Gasteiger partial charge in [0.25, 0.3) is 5.91 Å². The highest BCUT2D eigenvalue weighted by atomic mass is 16.5. The molecule has 1 amide bonds. The number of nitrogens with zero attached hydrogens (tertiary/aromatic N) is 1. The Bertz CT molecular complexity index is 1330. The minimum absolute atomic E-state index is 0.103. The number of carbonyl (C=O) groups is 2. The number of ether oxygens (including phenoxy) is 4. The van der Waals surface area contributed by atoms with E-state index in [1.54, 1.807) is 52.3 Å². The van der Waals surface area contributed by atoms with Crippen LogP contribution in [0.2, 0.25) is 0 Å². The van der Waals surface area contributed by atoms with Crippen LogP contribution in [-0.4, -0.2) is 42.2 Å². The van der Waals surface area contributed by atoms with Gasteiger partial charge in [0, 0.05) is 17.8 Å². The number of hydrogen-bond donors (Lipinski definition) is 1. The fourth-order valence-electron chi connectivity index (χ4n) is 3.80. The maximum absolute atomic E-state index is 13.0. The van der Waals surface area contributed by atoms with Crippen molar-refractivity contribution in [2.24, 2.45) is 0 Å². The van der Waals surface area contributed by atoms with Crippen LogP contribution in [0.25, 0.3) is 0 Å². The van der Waals surface area contributed by atoms with E-state index in [1.807, 2.05) is 28.8 Å². The number of ketones is 1. The molecule has 0 aliphatic carbocycles. The van der Waals surface area contributed by atoms with Crippen molar-refractivity contribution >= 4 is 17.4 Å². The number of aromatic nitrogens is 1. The molecular weight excluding hydrogens is 464 g/mol. The summed E-state index contributed by atoms with van der Waals surface area (Å²) in [7, 11) is 1.60. The van der Waals surface area contributed by atoms with Gasteiger partial charge in [-0.15, -0.1) is 0 Å². The summed E-state index contributed by atoms with van der Waals surface area (Å²) in [6.45, 7) is 5.83. The standard InChI is InChI=1S/C27H28N2O7/c1-16-26(23(30)11-12-29(16)13-14-34-21-8-6-20(33-4)7-9-21)36-17(2)25(31)19-5-10-24-22(15-19)28-27(32)18(3)35-24/h5-12,15,17-18H,13-14H2,1-4H3,(H,28,32). The van der Waals surface area contributed by atoms with Crippen LogP contribution in [0, 0.1) is 6.92 Å². The van der Waals surface area contributed by atoms with Crippen LogP contribution < -0.4 is 29.7 Å². The van der Waals surface area contributed by atoms with Crippen molar-refractivity contribution in [1.29, 1.82) is 0 Å². The van der Waals surface area contributed by atoms with E-state index < -0.39 is 12.2 Å². The van der Waals surface area contributed by atoms with Crippen LogP contribution in [0.15, 0.2) is 59.5 Å². The number of carbonyl (C=O) groups excluding carboxylic acids is 2. The molecule has 1 aliphatic heterocycles. The van der Waals surface area contributed by atoms with Gasteiger partial charge in [0.1, 0.15) is 23.9 Å². The van der Waals surface area contributed by atoms with Gasteiger partial charge in [-0.2, -0.15) is 0 Å². The first-order valence-electron chi connectivity index (χ1n) is 11.6. The van der Waals surface area contributed by atoms with Crippen molar-refractivity contribution in [2.45, 2.75) is 39.5 Å². The van der Waals surface area contributed by atoms with E-state index >= 15 is 0 Å². The Morgan fingerprint density at radius 1 is 1.11 bits per heavy atom. The highest BCUT2D eigenvalue weighted by Crippen LogP contribution is 2.31. The summed E-state index contributed by atoms with van der Waals surface area (Å²) < 4.78 is 24.1. The Hall–Kier alpha value is -4.27. The first kappa shape index (κ1) is 24.8. The lowest BCUT2D eigenvalue weighted by Crippen LogP contribution is -2.34. The molecule has 188 valence electrons. The van der Waals surface area contributed by atoms with E-state index in [0.717, 1.165) is 5.75 Å². The maximum atomic E-state index is 13.0. The van der Waals surface area contributed by atoms with Crippen molar-refractivity contribution in [3.8, 4) is 23.0 Å². The predicted octanol–water partition coefficient (Wildman–Crippen LogP) is 3.61. The lowest BCUT2D eigenvalue weighted by atomic mass is 10.0. The van der Waals surface area contributed by atoms with Gasteiger partial charge in [0.15, 0.2) is 18.0 Å². The minimum atomic E-state index is -0.931. The fraction of sp³-hybridized carbons (Fsp3) is 0.296. The SMILES string of the molecule is COc1ccc(OCCn2ccc(=O)c(OC(C)C(=O)c3ccc4c(c3)NC(=O)C(C)O4)c2C)cc1. The largest absolute Gasteiger partial charge is 0.497 e. The lowest BCUT2D eigenvalue weighted by Gasteiger charge is -2.24. The van der Waals surface area contributed by atoms with Crippen molar-refractivity contribution in [1.82, 2.24) is 4.57 Å². The Balaban J connectivity index is 1.43. The molecule has 0 saturated heterocycles. The van der Waals surface area contributed by atoms with Gasteiger partial charge in [0.2, 0.25) is 11.2 Å². The summed E-state index contributed by atoms with van der Waals surface area (Å²) in [5, 5.41) is 2.73. The third-order valence-electron chi connectivity index (χ3n) is 5.91. The quantitative estimate of drug-likeness (QED) is 0.455. The van der Waals surface area contributed by atoms with Crippen LogP contribution >= 0.6 is 0 Å². The molecule has 2 heterocycles. The number of hydrogen-bond acceptors (Lipinski definition) is 7. The zero-order chi connectivity index (χ0) is 25.8. The zero-order valence-electron chi connectivity index (χ0n) is 20.6. The number of anilines is 1. The predicted molar refractivity (Wildman–Crippen MR) is 134 cm³/mol. The van der Waals surface area contributed by atoms with Gasteiger partial charge in [-0.3, -0.25) is 14.4 Å². The highest BCUT2D eigenvalue weighted by molar-refractivity contribution is 6.03. The van der Waals surface area contributed by atoms with Gasteiger partial charge in [-0.1, -0.05) is 0 Å². The number of nitrogens with one attached hydrogen (secondary N) is 1. The molecule has 1 aliphatic rings. The highest BCUT2D eigenvalue weighted by Gasteiger charge is 2.26.